The summed E-state index contributed by atoms with van der Waals surface area (Å²) in [6, 6.07) is 0.685. The maximum Gasteiger partial charge on any atom is 0.0262 e. The summed E-state index contributed by atoms with van der Waals surface area (Å²) < 4.78 is 0. The predicted molar refractivity (Wildman–Crippen MR) is 26.4 cm³/mol. The van der Waals surface area contributed by atoms with E-state index in [2.05, 4.69) is 18.3 Å². The highest BCUT2D eigenvalue weighted by atomic mass is 14.9. The van der Waals surface area contributed by atoms with E-state index >= 15 is 0 Å². The summed E-state index contributed by atoms with van der Waals surface area (Å²) in [5.74, 6) is 0. The Hall–Kier alpha value is -0.460. The first kappa shape index (κ1) is 3.72. The van der Waals surface area contributed by atoms with Crippen molar-refractivity contribution in [2.75, 3.05) is 0 Å². The van der Waals surface area contributed by atoms with Crippen LogP contribution in [-0.4, -0.2) is 6.04 Å². The average Bonchev–Trinajstić information content (AvgIpc) is 1.86. The minimum absolute atomic E-state index is 0.685. The third-order valence-electron chi connectivity index (χ3n) is 0.988. The van der Waals surface area contributed by atoms with Crippen molar-refractivity contribution in [2.24, 2.45) is 0 Å². The summed E-state index contributed by atoms with van der Waals surface area (Å²) in [5.41, 5.74) is 0. The molecule has 0 spiro atoms. The lowest BCUT2D eigenvalue weighted by Gasteiger charge is -1.97. The first-order valence-corrected chi connectivity index (χ1v) is 2.30. The van der Waals surface area contributed by atoms with E-state index in [1.807, 2.05) is 6.20 Å². The summed E-state index contributed by atoms with van der Waals surface area (Å²) in [5, 5.41) is 3.14. The molecule has 0 aromatic carbocycles. The second kappa shape index (κ2) is 1.33. The molecular weight excluding hydrogens is 74.1 g/mol. The molecule has 1 nitrogen and oxygen atoms in total. The molecule has 0 aliphatic carbocycles. The summed E-state index contributed by atoms with van der Waals surface area (Å²) >= 11 is 0. The topological polar surface area (TPSA) is 12.0 Å². The first-order chi connectivity index (χ1) is 2.89. The average molecular weight is 83.1 g/mol. The van der Waals surface area contributed by atoms with Gasteiger partial charge in [0.2, 0.25) is 0 Å². The first-order valence-electron chi connectivity index (χ1n) is 2.30. The summed E-state index contributed by atoms with van der Waals surface area (Å²) in [4.78, 5) is 0. The smallest absolute Gasteiger partial charge is 0.0262 e. The summed E-state index contributed by atoms with van der Waals surface area (Å²) in [6.45, 7) is 2.17. The highest BCUT2D eigenvalue weighted by molar-refractivity contribution is 4.92. The van der Waals surface area contributed by atoms with Crippen LogP contribution in [0, 0.1) is 0 Å². The van der Waals surface area contributed by atoms with E-state index in [-0.39, 0.29) is 0 Å². The van der Waals surface area contributed by atoms with Crippen LogP contribution >= 0.6 is 0 Å². The maximum atomic E-state index is 3.14. The van der Waals surface area contributed by atoms with Crippen LogP contribution < -0.4 is 5.32 Å². The minimum Gasteiger partial charge on any atom is -0.388 e. The Morgan fingerprint density at radius 1 is 1.83 bits per heavy atom. The fourth-order valence-electron chi connectivity index (χ4n) is 0.573. The Morgan fingerprint density at radius 2 is 2.67 bits per heavy atom. The molecule has 0 bridgehead atoms. The number of nitrogens with one attached hydrogen (secondary N) is 1. The molecule has 0 saturated heterocycles. The van der Waals surface area contributed by atoms with Crippen LogP contribution in [0.1, 0.15) is 13.3 Å². The molecule has 0 radical (unpaired) electrons. The molecule has 1 heteroatoms. The lowest BCUT2D eigenvalue weighted by molar-refractivity contribution is 0.690. The quantitative estimate of drug-likeness (QED) is 0.458. The van der Waals surface area contributed by atoms with Crippen molar-refractivity contribution < 1.29 is 0 Å². The van der Waals surface area contributed by atoms with Gasteiger partial charge < -0.3 is 5.32 Å². The molecule has 1 N–H and O–H groups in total. The molecule has 6 heavy (non-hydrogen) atoms. The van der Waals surface area contributed by atoms with Crippen molar-refractivity contribution in [1.29, 1.82) is 0 Å². The molecule has 34 valence electrons. The second-order valence-electron chi connectivity index (χ2n) is 1.71. The Morgan fingerprint density at radius 3 is 2.83 bits per heavy atom. The van der Waals surface area contributed by atoms with Crippen molar-refractivity contribution in [1.82, 2.24) is 5.32 Å². The summed E-state index contributed by atoms with van der Waals surface area (Å²) in [7, 11) is 0. The largest absolute Gasteiger partial charge is 0.388 e. The standard InChI is InChI=1S/C5H9N/c1-5-3-2-4-6-5/h2,4-6H,3H2,1H3. The van der Waals surface area contributed by atoms with Gasteiger partial charge in [-0.25, -0.2) is 0 Å². The Kier molecular flexibility index (Phi) is 0.825. The molecule has 1 aliphatic heterocycles. The molecule has 0 amide bonds. The highest BCUT2D eigenvalue weighted by Crippen LogP contribution is 1.96. The molecule has 0 saturated carbocycles. The monoisotopic (exact) mass is 83.1 g/mol. The van der Waals surface area contributed by atoms with E-state index in [9.17, 15) is 0 Å². The zero-order valence-corrected chi connectivity index (χ0v) is 3.94. The minimum atomic E-state index is 0.685. The van der Waals surface area contributed by atoms with Gasteiger partial charge in [0.1, 0.15) is 0 Å². The molecule has 1 aliphatic rings. The van der Waals surface area contributed by atoms with Crippen LogP contribution in [-0.2, 0) is 0 Å². The zero-order valence-electron chi connectivity index (χ0n) is 3.94. The van der Waals surface area contributed by atoms with Crippen LogP contribution in [0.15, 0.2) is 12.3 Å². The molecule has 1 heterocycles. The van der Waals surface area contributed by atoms with Crippen LogP contribution in [0.25, 0.3) is 0 Å². The Bertz CT molecular complexity index is 58.3. The number of hydrogen-bond acceptors (Lipinski definition) is 1. The van der Waals surface area contributed by atoms with Gasteiger partial charge in [-0.1, -0.05) is 6.08 Å². The lowest BCUT2D eigenvalue weighted by atomic mass is 10.3. The molecule has 1 atom stereocenters. The van der Waals surface area contributed by atoms with Gasteiger partial charge in [-0.05, 0) is 19.5 Å². The molecule has 0 aromatic heterocycles. The number of hydrogen-bond donors (Lipinski definition) is 1. The van der Waals surface area contributed by atoms with Crippen molar-refractivity contribution in [3.8, 4) is 0 Å². The molecule has 0 aromatic rings. The van der Waals surface area contributed by atoms with E-state index in [1.165, 1.54) is 6.42 Å². The van der Waals surface area contributed by atoms with Gasteiger partial charge in [0.05, 0.1) is 0 Å². The fourth-order valence-corrected chi connectivity index (χ4v) is 0.573. The van der Waals surface area contributed by atoms with Gasteiger partial charge in [0.15, 0.2) is 0 Å². The third-order valence-corrected chi connectivity index (χ3v) is 0.988. The van der Waals surface area contributed by atoms with Crippen LogP contribution in [0.3, 0.4) is 0 Å². The van der Waals surface area contributed by atoms with Crippen molar-refractivity contribution in [2.45, 2.75) is 19.4 Å². The maximum absolute atomic E-state index is 3.14. The predicted octanol–water partition coefficient (Wildman–Crippen LogP) is 0.882. The SMILES string of the molecule is CC1CC=CN1. The van der Waals surface area contributed by atoms with Crippen LogP contribution in [0.5, 0.6) is 0 Å². The Balaban J connectivity index is 2.32. The van der Waals surface area contributed by atoms with E-state index < -0.39 is 0 Å². The van der Waals surface area contributed by atoms with Crippen molar-refractivity contribution in [3.63, 3.8) is 0 Å². The van der Waals surface area contributed by atoms with E-state index in [1.54, 1.807) is 0 Å². The van der Waals surface area contributed by atoms with Crippen molar-refractivity contribution in [3.05, 3.63) is 12.3 Å². The van der Waals surface area contributed by atoms with Gasteiger partial charge in [-0.3, -0.25) is 0 Å². The van der Waals surface area contributed by atoms with E-state index in [0.29, 0.717) is 6.04 Å². The Labute approximate surface area is 38.1 Å². The normalized spacial score (nSPS) is 30.5. The summed E-state index contributed by atoms with van der Waals surface area (Å²) in [6.07, 6.45) is 5.34. The van der Waals surface area contributed by atoms with Gasteiger partial charge in [0, 0.05) is 6.04 Å². The van der Waals surface area contributed by atoms with E-state index in [4.69, 9.17) is 0 Å². The third kappa shape index (κ3) is 0.534. The van der Waals surface area contributed by atoms with Crippen LogP contribution in [0.2, 0.25) is 0 Å². The zero-order chi connectivity index (χ0) is 4.41. The molecule has 1 rings (SSSR count). The second-order valence-corrected chi connectivity index (χ2v) is 1.71. The van der Waals surface area contributed by atoms with E-state index in [0.717, 1.165) is 0 Å². The van der Waals surface area contributed by atoms with Gasteiger partial charge in [-0.2, -0.15) is 0 Å². The molecular formula is C5H9N. The lowest BCUT2D eigenvalue weighted by Crippen LogP contribution is -2.12. The van der Waals surface area contributed by atoms with Gasteiger partial charge >= 0.3 is 0 Å². The van der Waals surface area contributed by atoms with Gasteiger partial charge in [-0.15, -0.1) is 0 Å². The highest BCUT2D eigenvalue weighted by Gasteiger charge is 1.97. The fraction of sp³-hybridized carbons (Fsp3) is 0.600. The molecule has 1 unspecified atom stereocenters. The van der Waals surface area contributed by atoms with Crippen molar-refractivity contribution >= 4 is 0 Å². The van der Waals surface area contributed by atoms with Crippen LogP contribution in [0.4, 0.5) is 0 Å². The molecule has 0 fully saturated rings. The van der Waals surface area contributed by atoms with Gasteiger partial charge in [0.25, 0.3) is 0 Å². The number of rotatable bonds is 0.